The third kappa shape index (κ3) is 6.05. The van der Waals surface area contributed by atoms with Gasteiger partial charge in [-0.15, -0.1) is 0 Å². The fourth-order valence-corrected chi connectivity index (χ4v) is 2.22. The number of hydrogen-bond donors (Lipinski definition) is 2. The van der Waals surface area contributed by atoms with Crippen LogP contribution in [0.1, 0.15) is 12.5 Å². The van der Waals surface area contributed by atoms with Crippen molar-refractivity contribution in [1.29, 1.82) is 0 Å². The van der Waals surface area contributed by atoms with Gasteiger partial charge in [0.15, 0.2) is 11.4 Å². The molecule has 0 aliphatic carbocycles. The van der Waals surface area contributed by atoms with Crippen molar-refractivity contribution in [2.75, 3.05) is 20.8 Å². The maximum absolute atomic E-state index is 5.84. The van der Waals surface area contributed by atoms with Crippen molar-refractivity contribution in [3.05, 3.63) is 34.9 Å². The Hall–Kier alpha value is -0.880. The fourth-order valence-electron chi connectivity index (χ4n) is 1.80. The molecule has 0 radical (unpaired) electrons. The van der Waals surface area contributed by atoms with Crippen LogP contribution in [0.25, 0.3) is 0 Å². The number of nitrogens with one attached hydrogen (secondary N) is 2. The third-order valence-corrected chi connectivity index (χ3v) is 3.36. The van der Waals surface area contributed by atoms with Crippen molar-refractivity contribution in [3.63, 3.8) is 0 Å². The zero-order valence-corrected chi connectivity index (χ0v) is 13.6. The minimum Gasteiger partial charge on any atom is -0.362 e. The highest BCUT2D eigenvalue weighted by molar-refractivity contribution is 7.80. The molecule has 0 amide bonds. The van der Waals surface area contributed by atoms with E-state index in [0.29, 0.717) is 5.11 Å². The Morgan fingerprint density at radius 3 is 2.40 bits per heavy atom. The predicted molar refractivity (Wildman–Crippen MR) is 86.2 cm³/mol. The van der Waals surface area contributed by atoms with Gasteiger partial charge in [-0.3, -0.25) is 0 Å². The zero-order chi connectivity index (χ0) is 15.0. The van der Waals surface area contributed by atoms with Gasteiger partial charge in [-0.2, -0.15) is 0 Å². The minimum atomic E-state index is -0.328. The second-order valence-electron chi connectivity index (χ2n) is 4.41. The molecular formula is C14H21ClN2O2S. The zero-order valence-electron chi connectivity index (χ0n) is 12.0. The van der Waals surface area contributed by atoms with Gasteiger partial charge >= 0.3 is 0 Å². The van der Waals surface area contributed by atoms with Gasteiger partial charge in [0.25, 0.3) is 0 Å². The molecule has 0 aliphatic heterocycles. The topological polar surface area (TPSA) is 42.5 Å². The number of thiocarbonyl (C=S) groups is 1. The maximum Gasteiger partial charge on any atom is 0.176 e. The highest BCUT2D eigenvalue weighted by Crippen LogP contribution is 2.09. The molecule has 1 aromatic carbocycles. The van der Waals surface area contributed by atoms with Crippen LogP contribution >= 0.6 is 23.8 Å². The monoisotopic (exact) mass is 316 g/mol. The Balaban J connectivity index is 2.27. The SMILES string of the molecule is COC(OC)C(C)NC(=S)NCCc1ccc(Cl)cc1. The Morgan fingerprint density at radius 2 is 1.85 bits per heavy atom. The number of rotatable bonds is 7. The van der Waals surface area contributed by atoms with Crippen LogP contribution in [0.15, 0.2) is 24.3 Å². The molecule has 1 aromatic rings. The van der Waals surface area contributed by atoms with Crippen LogP contribution in [0.4, 0.5) is 0 Å². The van der Waals surface area contributed by atoms with Crippen molar-refractivity contribution >= 4 is 28.9 Å². The highest BCUT2D eigenvalue weighted by Gasteiger charge is 2.15. The van der Waals surface area contributed by atoms with Gasteiger partial charge in [-0.05, 0) is 43.3 Å². The van der Waals surface area contributed by atoms with E-state index in [0.717, 1.165) is 18.0 Å². The molecule has 20 heavy (non-hydrogen) atoms. The van der Waals surface area contributed by atoms with Crippen molar-refractivity contribution in [1.82, 2.24) is 10.6 Å². The number of halogens is 1. The van der Waals surface area contributed by atoms with E-state index in [2.05, 4.69) is 10.6 Å². The van der Waals surface area contributed by atoms with Gasteiger partial charge in [0.05, 0.1) is 6.04 Å². The molecule has 0 fully saturated rings. The summed E-state index contributed by atoms with van der Waals surface area (Å²) in [6.45, 7) is 2.70. The summed E-state index contributed by atoms with van der Waals surface area (Å²) in [4.78, 5) is 0. The summed E-state index contributed by atoms with van der Waals surface area (Å²) in [7, 11) is 3.20. The lowest BCUT2D eigenvalue weighted by Crippen LogP contribution is -2.47. The van der Waals surface area contributed by atoms with Crippen molar-refractivity contribution in [2.24, 2.45) is 0 Å². The lowest BCUT2D eigenvalue weighted by molar-refractivity contribution is -0.116. The Bertz CT molecular complexity index is 410. The van der Waals surface area contributed by atoms with E-state index in [4.69, 9.17) is 33.3 Å². The molecule has 0 heterocycles. The molecule has 2 N–H and O–H groups in total. The van der Waals surface area contributed by atoms with Gasteiger partial charge in [-0.25, -0.2) is 0 Å². The second kappa shape index (κ2) is 9.13. The van der Waals surface area contributed by atoms with Gasteiger partial charge in [0.2, 0.25) is 0 Å². The van der Waals surface area contributed by atoms with Crippen molar-refractivity contribution in [3.8, 4) is 0 Å². The highest BCUT2D eigenvalue weighted by atomic mass is 35.5. The molecule has 0 aliphatic rings. The van der Waals surface area contributed by atoms with E-state index in [9.17, 15) is 0 Å². The maximum atomic E-state index is 5.84. The second-order valence-corrected chi connectivity index (χ2v) is 5.25. The quantitative estimate of drug-likeness (QED) is 0.597. The van der Waals surface area contributed by atoms with Crippen molar-refractivity contribution in [2.45, 2.75) is 25.7 Å². The van der Waals surface area contributed by atoms with E-state index in [-0.39, 0.29) is 12.3 Å². The van der Waals surface area contributed by atoms with Gasteiger partial charge in [0.1, 0.15) is 0 Å². The van der Waals surface area contributed by atoms with E-state index >= 15 is 0 Å². The van der Waals surface area contributed by atoms with Gasteiger partial charge in [0, 0.05) is 25.8 Å². The first kappa shape index (κ1) is 17.2. The summed E-state index contributed by atoms with van der Waals surface area (Å²) in [5.74, 6) is 0. The Labute approximate surface area is 130 Å². The van der Waals surface area contributed by atoms with Gasteiger partial charge < -0.3 is 20.1 Å². The normalized spacial score (nSPS) is 12.2. The summed E-state index contributed by atoms with van der Waals surface area (Å²) < 4.78 is 10.3. The minimum absolute atomic E-state index is 0.0273. The number of methoxy groups -OCH3 is 2. The molecule has 1 rings (SSSR count). The molecule has 1 atom stereocenters. The van der Waals surface area contributed by atoms with Gasteiger partial charge in [-0.1, -0.05) is 23.7 Å². The number of benzene rings is 1. The molecular weight excluding hydrogens is 296 g/mol. The van der Waals surface area contributed by atoms with Crippen LogP contribution in [0.2, 0.25) is 5.02 Å². The summed E-state index contributed by atoms with van der Waals surface area (Å²) in [5, 5.41) is 7.62. The van der Waals surface area contributed by atoms with Crippen molar-refractivity contribution < 1.29 is 9.47 Å². The molecule has 0 bridgehead atoms. The molecule has 112 valence electrons. The first-order chi connectivity index (χ1) is 9.56. The summed E-state index contributed by atoms with van der Waals surface area (Å²) in [5.41, 5.74) is 1.21. The molecule has 0 saturated carbocycles. The third-order valence-electron chi connectivity index (χ3n) is 2.84. The summed E-state index contributed by atoms with van der Waals surface area (Å²) in [6, 6.07) is 7.76. The average molecular weight is 317 g/mol. The molecule has 0 aromatic heterocycles. The lowest BCUT2D eigenvalue weighted by Gasteiger charge is -2.23. The van der Waals surface area contributed by atoms with Crippen LogP contribution in [-0.2, 0) is 15.9 Å². The molecule has 4 nitrogen and oxygen atoms in total. The van der Waals surface area contributed by atoms with E-state index in [1.807, 2.05) is 31.2 Å². The van der Waals surface area contributed by atoms with E-state index in [1.54, 1.807) is 14.2 Å². The Kier molecular flexibility index (Phi) is 7.84. The van der Waals surface area contributed by atoms with Crippen LogP contribution < -0.4 is 10.6 Å². The van der Waals surface area contributed by atoms with Crippen LogP contribution in [0, 0.1) is 0 Å². The average Bonchev–Trinajstić information content (AvgIpc) is 2.42. The van der Waals surface area contributed by atoms with Crippen LogP contribution in [0.3, 0.4) is 0 Å². The predicted octanol–water partition coefficient (Wildman–Crippen LogP) is 2.35. The molecule has 0 spiro atoms. The van der Waals surface area contributed by atoms with E-state index < -0.39 is 0 Å². The van der Waals surface area contributed by atoms with E-state index in [1.165, 1.54) is 5.56 Å². The lowest BCUT2D eigenvalue weighted by atomic mass is 10.1. The molecule has 6 heteroatoms. The molecule has 0 saturated heterocycles. The largest absolute Gasteiger partial charge is 0.362 e. The summed E-state index contributed by atoms with van der Waals surface area (Å²) >= 11 is 11.1. The first-order valence-electron chi connectivity index (χ1n) is 6.41. The fraction of sp³-hybridized carbons (Fsp3) is 0.500. The smallest absolute Gasteiger partial charge is 0.176 e. The molecule has 1 unspecified atom stereocenters. The first-order valence-corrected chi connectivity index (χ1v) is 7.20. The van der Waals surface area contributed by atoms with Crippen LogP contribution in [-0.4, -0.2) is 38.2 Å². The summed E-state index contributed by atoms with van der Waals surface area (Å²) in [6.07, 6.45) is 0.553. The number of hydrogen-bond acceptors (Lipinski definition) is 3. The Morgan fingerprint density at radius 1 is 1.25 bits per heavy atom. The standard InChI is InChI=1S/C14H21ClN2O2S/c1-10(13(18-2)19-3)17-14(20)16-9-8-11-4-6-12(15)7-5-11/h4-7,10,13H,8-9H2,1-3H3,(H2,16,17,20). The van der Waals surface area contributed by atoms with Crippen LogP contribution in [0.5, 0.6) is 0 Å². The number of ether oxygens (including phenoxy) is 2.